The summed E-state index contributed by atoms with van der Waals surface area (Å²) in [6, 6.07) is 9.57. The van der Waals surface area contributed by atoms with Crippen LogP contribution in [0.2, 0.25) is 5.02 Å². The number of benzene rings is 1. The van der Waals surface area contributed by atoms with Gasteiger partial charge in [-0.1, -0.05) is 29.8 Å². The Kier molecular flexibility index (Phi) is 3.27. The van der Waals surface area contributed by atoms with E-state index in [1.165, 1.54) is 0 Å². The van der Waals surface area contributed by atoms with Crippen molar-refractivity contribution in [1.82, 2.24) is 9.78 Å². The molecule has 0 saturated heterocycles. The third kappa shape index (κ3) is 2.43. The van der Waals surface area contributed by atoms with Gasteiger partial charge in [0, 0.05) is 18.3 Å². The van der Waals surface area contributed by atoms with E-state index in [1.807, 2.05) is 43.6 Å². The van der Waals surface area contributed by atoms with E-state index in [0.29, 0.717) is 6.42 Å². The summed E-state index contributed by atoms with van der Waals surface area (Å²) in [6.07, 6.45) is 2.60. The zero-order chi connectivity index (χ0) is 11.5. The van der Waals surface area contributed by atoms with Crippen molar-refractivity contribution in [1.29, 1.82) is 0 Å². The van der Waals surface area contributed by atoms with Crippen LogP contribution in [0.25, 0.3) is 0 Å². The molecular formula is C12H14ClN3. The highest BCUT2D eigenvalue weighted by molar-refractivity contribution is 6.31. The molecule has 0 bridgehead atoms. The van der Waals surface area contributed by atoms with Crippen LogP contribution >= 0.6 is 11.6 Å². The van der Waals surface area contributed by atoms with Gasteiger partial charge in [-0.3, -0.25) is 4.68 Å². The molecule has 3 nitrogen and oxygen atoms in total. The van der Waals surface area contributed by atoms with Crippen LogP contribution in [0.3, 0.4) is 0 Å². The summed E-state index contributed by atoms with van der Waals surface area (Å²) in [5, 5.41) is 5.04. The van der Waals surface area contributed by atoms with Crippen molar-refractivity contribution in [2.75, 3.05) is 0 Å². The number of halogens is 1. The maximum Gasteiger partial charge on any atom is 0.0795 e. The summed E-state index contributed by atoms with van der Waals surface area (Å²) in [5.41, 5.74) is 8.02. The van der Waals surface area contributed by atoms with Gasteiger partial charge < -0.3 is 5.73 Å². The minimum Gasteiger partial charge on any atom is -0.322 e. The highest BCUT2D eigenvalue weighted by Gasteiger charge is 2.11. The smallest absolute Gasteiger partial charge is 0.0795 e. The quantitative estimate of drug-likeness (QED) is 0.887. The number of rotatable bonds is 3. The maximum atomic E-state index is 6.08. The van der Waals surface area contributed by atoms with Gasteiger partial charge in [0.1, 0.15) is 0 Å². The molecule has 0 saturated carbocycles. The molecule has 1 atom stereocenters. The van der Waals surface area contributed by atoms with Crippen LogP contribution in [0.15, 0.2) is 36.5 Å². The fraction of sp³-hybridized carbons (Fsp3) is 0.250. The van der Waals surface area contributed by atoms with Crippen molar-refractivity contribution in [2.24, 2.45) is 12.8 Å². The average molecular weight is 236 g/mol. The highest BCUT2D eigenvalue weighted by atomic mass is 35.5. The molecule has 0 aliphatic heterocycles. The van der Waals surface area contributed by atoms with Gasteiger partial charge in [-0.05, 0) is 24.1 Å². The van der Waals surface area contributed by atoms with E-state index in [1.54, 1.807) is 4.68 Å². The molecule has 2 rings (SSSR count). The first kappa shape index (κ1) is 11.2. The molecule has 0 radical (unpaired) electrons. The highest BCUT2D eigenvalue weighted by Crippen LogP contribution is 2.20. The van der Waals surface area contributed by atoms with Crippen molar-refractivity contribution in [3.8, 4) is 0 Å². The van der Waals surface area contributed by atoms with Crippen molar-refractivity contribution < 1.29 is 0 Å². The Hall–Kier alpha value is -1.32. The lowest BCUT2D eigenvalue weighted by atomic mass is 10.0. The molecule has 16 heavy (non-hydrogen) atoms. The zero-order valence-electron chi connectivity index (χ0n) is 9.10. The molecule has 1 heterocycles. The van der Waals surface area contributed by atoms with Gasteiger partial charge in [0.2, 0.25) is 0 Å². The Morgan fingerprint density at radius 3 is 2.75 bits per heavy atom. The average Bonchev–Trinajstić information content (AvgIpc) is 2.68. The van der Waals surface area contributed by atoms with Gasteiger partial charge in [-0.15, -0.1) is 0 Å². The van der Waals surface area contributed by atoms with E-state index < -0.39 is 0 Å². The lowest BCUT2D eigenvalue weighted by Gasteiger charge is -2.10. The van der Waals surface area contributed by atoms with E-state index in [0.717, 1.165) is 16.3 Å². The van der Waals surface area contributed by atoms with Crippen LogP contribution in [0.4, 0.5) is 0 Å². The fourth-order valence-corrected chi connectivity index (χ4v) is 1.85. The number of aromatic nitrogens is 2. The molecule has 1 aromatic carbocycles. The summed E-state index contributed by atoms with van der Waals surface area (Å²) in [4.78, 5) is 0. The van der Waals surface area contributed by atoms with Crippen LogP contribution in [-0.2, 0) is 13.5 Å². The van der Waals surface area contributed by atoms with Gasteiger partial charge in [-0.25, -0.2) is 0 Å². The minimum atomic E-state index is -0.110. The number of aryl methyl sites for hydroxylation is 1. The Morgan fingerprint density at radius 2 is 2.12 bits per heavy atom. The van der Waals surface area contributed by atoms with Crippen LogP contribution in [0.5, 0.6) is 0 Å². The predicted octanol–water partition coefficient (Wildman–Crippen LogP) is 2.32. The van der Waals surface area contributed by atoms with Gasteiger partial charge in [0.05, 0.1) is 11.7 Å². The summed E-state index contributed by atoms with van der Waals surface area (Å²) in [7, 11) is 1.88. The second kappa shape index (κ2) is 4.68. The number of nitrogens with zero attached hydrogens (tertiary/aromatic N) is 2. The lowest BCUT2D eigenvalue weighted by Crippen LogP contribution is -2.14. The van der Waals surface area contributed by atoms with Crippen LogP contribution in [0.1, 0.15) is 17.3 Å². The Bertz CT molecular complexity index is 479. The monoisotopic (exact) mass is 235 g/mol. The molecule has 1 unspecified atom stereocenters. The molecule has 0 amide bonds. The topological polar surface area (TPSA) is 43.8 Å². The molecule has 84 valence electrons. The molecule has 0 aliphatic rings. The summed E-state index contributed by atoms with van der Waals surface area (Å²) in [6.45, 7) is 0. The van der Waals surface area contributed by atoms with Crippen LogP contribution < -0.4 is 5.73 Å². The van der Waals surface area contributed by atoms with Crippen LogP contribution in [-0.4, -0.2) is 9.78 Å². The van der Waals surface area contributed by atoms with E-state index in [4.69, 9.17) is 17.3 Å². The second-order valence-corrected chi connectivity index (χ2v) is 4.22. The third-order valence-electron chi connectivity index (χ3n) is 2.51. The lowest BCUT2D eigenvalue weighted by molar-refractivity contribution is 0.657. The zero-order valence-corrected chi connectivity index (χ0v) is 9.85. The SMILES string of the molecule is Cn1ccc(C(N)Cc2ccccc2Cl)n1. The van der Waals surface area contributed by atoms with Crippen molar-refractivity contribution in [3.05, 3.63) is 52.8 Å². The first-order chi connectivity index (χ1) is 7.66. The number of nitrogens with two attached hydrogens (primary N) is 1. The maximum absolute atomic E-state index is 6.08. The molecule has 0 fully saturated rings. The third-order valence-corrected chi connectivity index (χ3v) is 2.88. The van der Waals surface area contributed by atoms with Gasteiger partial charge in [-0.2, -0.15) is 5.10 Å². The van der Waals surface area contributed by atoms with E-state index >= 15 is 0 Å². The first-order valence-electron chi connectivity index (χ1n) is 5.15. The fourth-order valence-electron chi connectivity index (χ4n) is 1.64. The van der Waals surface area contributed by atoms with E-state index in [-0.39, 0.29) is 6.04 Å². The normalized spacial score (nSPS) is 12.7. The van der Waals surface area contributed by atoms with Crippen molar-refractivity contribution in [2.45, 2.75) is 12.5 Å². The summed E-state index contributed by atoms with van der Waals surface area (Å²) >= 11 is 6.08. The largest absolute Gasteiger partial charge is 0.322 e. The first-order valence-corrected chi connectivity index (χ1v) is 5.53. The standard InChI is InChI=1S/C12H14ClN3/c1-16-7-6-12(15-16)11(14)8-9-4-2-3-5-10(9)13/h2-7,11H,8,14H2,1H3. The minimum absolute atomic E-state index is 0.110. The van der Waals surface area contributed by atoms with Gasteiger partial charge in [0.25, 0.3) is 0 Å². The van der Waals surface area contributed by atoms with Gasteiger partial charge in [0.15, 0.2) is 0 Å². The Labute approximate surface area is 99.8 Å². The molecule has 0 aliphatic carbocycles. The number of hydrogen-bond donors (Lipinski definition) is 1. The molecular weight excluding hydrogens is 222 g/mol. The van der Waals surface area contributed by atoms with E-state index in [9.17, 15) is 0 Å². The summed E-state index contributed by atoms with van der Waals surface area (Å²) < 4.78 is 1.75. The predicted molar refractivity (Wildman–Crippen MR) is 65.3 cm³/mol. The second-order valence-electron chi connectivity index (χ2n) is 3.82. The molecule has 2 N–H and O–H groups in total. The molecule has 0 spiro atoms. The molecule has 2 aromatic rings. The van der Waals surface area contributed by atoms with E-state index in [2.05, 4.69) is 5.10 Å². The Morgan fingerprint density at radius 1 is 1.38 bits per heavy atom. The van der Waals surface area contributed by atoms with Crippen molar-refractivity contribution in [3.63, 3.8) is 0 Å². The van der Waals surface area contributed by atoms with Crippen molar-refractivity contribution >= 4 is 11.6 Å². The Balaban J connectivity index is 2.13. The molecule has 4 heteroatoms. The summed E-state index contributed by atoms with van der Waals surface area (Å²) in [5.74, 6) is 0. The number of hydrogen-bond acceptors (Lipinski definition) is 2. The van der Waals surface area contributed by atoms with Gasteiger partial charge >= 0.3 is 0 Å². The van der Waals surface area contributed by atoms with Crippen LogP contribution in [0, 0.1) is 0 Å². The molecule has 1 aromatic heterocycles.